The van der Waals surface area contributed by atoms with Crippen molar-refractivity contribution in [3.05, 3.63) is 53.6 Å². The first-order valence-electron chi connectivity index (χ1n) is 11.2. The second-order valence-electron chi connectivity index (χ2n) is 7.93. The Hall–Kier alpha value is -3.27. The highest BCUT2D eigenvalue weighted by atomic mass is 32.2. The number of fused-ring (bicyclic) bond motifs is 1. The first-order valence-corrected chi connectivity index (χ1v) is 12.8. The third kappa shape index (κ3) is 5.44. The molecule has 2 aromatic carbocycles. The van der Waals surface area contributed by atoms with Crippen LogP contribution in [-0.4, -0.2) is 57.3 Å². The van der Waals surface area contributed by atoms with E-state index in [0.717, 1.165) is 15.4 Å². The molecule has 184 valence electrons. The lowest BCUT2D eigenvalue weighted by Crippen LogP contribution is -2.52. The van der Waals surface area contributed by atoms with E-state index >= 15 is 0 Å². The number of ether oxygens (including phenoxy) is 2. The minimum Gasteiger partial charge on any atom is -0.454 e. The summed E-state index contributed by atoms with van der Waals surface area (Å²) in [6.07, 6.45) is 0.377. The third-order valence-electron chi connectivity index (χ3n) is 5.86. The molecule has 34 heavy (non-hydrogen) atoms. The Balaban J connectivity index is 1.98. The van der Waals surface area contributed by atoms with E-state index in [9.17, 15) is 18.0 Å². The van der Waals surface area contributed by atoms with Crippen molar-refractivity contribution in [1.82, 2.24) is 10.2 Å². The fraction of sp³-hybridized carbons (Fsp3) is 0.417. The summed E-state index contributed by atoms with van der Waals surface area (Å²) in [4.78, 5) is 27.7. The van der Waals surface area contributed by atoms with Crippen LogP contribution in [0.2, 0.25) is 0 Å². The molecule has 1 unspecified atom stereocenters. The molecule has 2 aromatic rings. The number of amides is 2. The Morgan fingerprint density at radius 3 is 2.44 bits per heavy atom. The van der Waals surface area contributed by atoms with Gasteiger partial charge in [-0.1, -0.05) is 31.2 Å². The monoisotopic (exact) mass is 489 g/mol. The number of carbonyl (C=O) groups is 2. The van der Waals surface area contributed by atoms with Crippen LogP contribution >= 0.6 is 0 Å². The Morgan fingerprint density at radius 1 is 1.09 bits per heavy atom. The zero-order valence-electron chi connectivity index (χ0n) is 19.9. The summed E-state index contributed by atoms with van der Waals surface area (Å²) >= 11 is 0. The fourth-order valence-electron chi connectivity index (χ4n) is 3.82. The summed E-state index contributed by atoms with van der Waals surface area (Å²) in [6.45, 7) is 5.04. The maximum atomic E-state index is 13.6. The minimum atomic E-state index is -3.81. The SMILES string of the molecule is CCC(C(=O)NC)N(Cc1ccccc1C)C(=O)CN(c1ccc2c(c1)OCO2)S(=O)(=O)CC. The van der Waals surface area contributed by atoms with Crippen molar-refractivity contribution >= 4 is 27.5 Å². The van der Waals surface area contributed by atoms with Crippen molar-refractivity contribution in [3.8, 4) is 11.5 Å². The molecule has 0 aromatic heterocycles. The summed E-state index contributed by atoms with van der Waals surface area (Å²) in [5, 5.41) is 2.61. The average Bonchev–Trinajstić information content (AvgIpc) is 3.31. The Morgan fingerprint density at radius 2 is 1.79 bits per heavy atom. The van der Waals surface area contributed by atoms with E-state index in [1.165, 1.54) is 18.9 Å². The maximum absolute atomic E-state index is 13.6. The molecule has 0 bridgehead atoms. The van der Waals surface area contributed by atoms with E-state index in [2.05, 4.69) is 5.32 Å². The molecule has 0 spiro atoms. The van der Waals surface area contributed by atoms with Crippen LogP contribution in [-0.2, 0) is 26.2 Å². The van der Waals surface area contributed by atoms with Gasteiger partial charge in [0.1, 0.15) is 12.6 Å². The van der Waals surface area contributed by atoms with Crippen molar-refractivity contribution in [2.24, 2.45) is 0 Å². The molecule has 10 heteroatoms. The molecule has 9 nitrogen and oxygen atoms in total. The Bertz CT molecular complexity index is 1150. The molecule has 3 rings (SSSR count). The fourth-order valence-corrected chi connectivity index (χ4v) is 4.87. The van der Waals surface area contributed by atoms with Gasteiger partial charge in [0, 0.05) is 19.7 Å². The van der Waals surface area contributed by atoms with Crippen LogP contribution < -0.4 is 19.1 Å². The summed E-state index contributed by atoms with van der Waals surface area (Å²) in [5.41, 5.74) is 2.15. The van der Waals surface area contributed by atoms with Crippen LogP contribution in [0.3, 0.4) is 0 Å². The zero-order chi connectivity index (χ0) is 24.9. The van der Waals surface area contributed by atoms with Crippen molar-refractivity contribution in [3.63, 3.8) is 0 Å². The van der Waals surface area contributed by atoms with E-state index < -0.39 is 28.5 Å². The number of sulfonamides is 1. The number of nitrogens with zero attached hydrogens (tertiary/aromatic N) is 2. The van der Waals surface area contributed by atoms with Crippen LogP contribution in [0, 0.1) is 6.92 Å². The van der Waals surface area contributed by atoms with Crippen molar-refractivity contribution < 1.29 is 27.5 Å². The Labute approximate surface area is 200 Å². The van der Waals surface area contributed by atoms with Crippen molar-refractivity contribution in [2.75, 3.05) is 30.4 Å². The van der Waals surface area contributed by atoms with Gasteiger partial charge in [0.15, 0.2) is 11.5 Å². The van der Waals surface area contributed by atoms with Gasteiger partial charge in [-0.15, -0.1) is 0 Å². The van der Waals surface area contributed by atoms with Gasteiger partial charge in [-0.05, 0) is 43.5 Å². The van der Waals surface area contributed by atoms with Gasteiger partial charge in [-0.25, -0.2) is 8.42 Å². The number of nitrogens with one attached hydrogen (secondary N) is 1. The number of hydrogen-bond acceptors (Lipinski definition) is 6. The number of aryl methyl sites for hydroxylation is 1. The average molecular weight is 490 g/mol. The highest BCUT2D eigenvalue weighted by Crippen LogP contribution is 2.36. The smallest absolute Gasteiger partial charge is 0.244 e. The van der Waals surface area contributed by atoms with Crippen LogP contribution in [0.25, 0.3) is 0 Å². The topological polar surface area (TPSA) is 105 Å². The van der Waals surface area contributed by atoms with E-state index in [1.54, 1.807) is 18.2 Å². The number of benzene rings is 2. The van der Waals surface area contributed by atoms with Crippen molar-refractivity contribution in [1.29, 1.82) is 0 Å². The van der Waals surface area contributed by atoms with Gasteiger partial charge in [-0.2, -0.15) is 0 Å². The lowest BCUT2D eigenvalue weighted by molar-refractivity contribution is -0.140. The molecule has 0 aliphatic carbocycles. The van der Waals surface area contributed by atoms with Crippen molar-refractivity contribution in [2.45, 2.75) is 39.8 Å². The normalized spacial score (nSPS) is 13.3. The number of rotatable bonds is 10. The van der Waals surface area contributed by atoms with Gasteiger partial charge < -0.3 is 19.7 Å². The molecule has 1 atom stereocenters. The first-order chi connectivity index (χ1) is 16.2. The molecule has 2 amide bonds. The summed E-state index contributed by atoms with van der Waals surface area (Å²) in [5.74, 6) is -0.0597. The third-order valence-corrected chi connectivity index (χ3v) is 7.60. The standard InChI is InChI=1S/C24H31N3O6S/c1-5-20(24(29)25-4)26(14-18-10-8-7-9-17(18)3)23(28)15-27(34(30,31)6-2)19-11-12-21-22(13-19)33-16-32-21/h7-13,20H,5-6,14-16H2,1-4H3,(H,25,29). The van der Waals surface area contributed by atoms with Crippen LogP contribution in [0.5, 0.6) is 11.5 Å². The number of anilines is 1. The lowest BCUT2D eigenvalue weighted by atomic mass is 10.1. The molecule has 0 saturated heterocycles. The molecule has 1 aliphatic rings. The van der Waals surface area contributed by atoms with E-state index in [0.29, 0.717) is 23.6 Å². The van der Waals surface area contributed by atoms with Gasteiger partial charge in [-0.3, -0.25) is 13.9 Å². The number of likely N-dealkylation sites (N-methyl/N-ethyl adjacent to an activating group) is 1. The highest BCUT2D eigenvalue weighted by molar-refractivity contribution is 7.92. The predicted octanol–water partition coefficient (Wildman–Crippen LogP) is 2.43. The Kier molecular flexibility index (Phi) is 8.03. The first kappa shape index (κ1) is 25.4. The molecule has 1 N–H and O–H groups in total. The summed E-state index contributed by atoms with van der Waals surface area (Å²) in [6, 6.07) is 11.6. The van der Waals surface area contributed by atoms with Gasteiger partial charge in [0.25, 0.3) is 0 Å². The molecular weight excluding hydrogens is 458 g/mol. The summed E-state index contributed by atoms with van der Waals surface area (Å²) in [7, 11) is -2.29. The van der Waals surface area contributed by atoms with Gasteiger partial charge in [0.05, 0.1) is 11.4 Å². The quantitative estimate of drug-likeness (QED) is 0.550. The molecule has 1 aliphatic heterocycles. The zero-order valence-corrected chi connectivity index (χ0v) is 20.7. The van der Waals surface area contributed by atoms with Crippen LogP contribution in [0.15, 0.2) is 42.5 Å². The predicted molar refractivity (Wildman–Crippen MR) is 129 cm³/mol. The maximum Gasteiger partial charge on any atom is 0.244 e. The number of carbonyl (C=O) groups excluding carboxylic acids is 2. The molecule has 0 fully saturated rings. The molecule has 0 radical (unpaired) electrons. The van der Waals surface area contributed by atoms with Gasteiger partial charge in [0.2, 0.25) is 28.6 Å². The highest BCUT2D eigenvalue weighted by Gasteiger charge is 2.32. The number of hydrogen-bond donors (Lipinski definition) is 1. The molecular formula is C24H31N3O6S. The van der Waals surface area contributed by atoms with Crippen LogP contribution in [0.1, 0.15) is 31.4 Å². The van der Waals surface area contributed by atoms with Crippen LogP contribution in [0.4, 0.5) is 5.69 Å². The van der Waals surface area contributed by atoms with E-state index in [4.69, 9.17) is 9.47 Å². The van der Waals surface area contributed by atoms with E-state index in [1.807, 2.05) is 38.1 Å². The lowest BCUT2D eigenvalue weighted by Gasteiger charge is -2.33. The van der Waals surface area contributed by atoms with E-state index in [-0.39, 0.29) is 25.0 Å². The second kappa shape index (κ2) is 10.8. The largest absolute Gasteiger partial charge is 0.454 e. The molecule has 0 saturated carbocycles. The summed E-state index contributed by atoms with van der Waals surface area (Å²) < 4.78 is 37.8. The molecule has 1 heterocycles. The van der Waals surface area contributed by atoms with Gasteiger partial charge >= 0.3 is 0 Å². The second-order valence-corrected chi connectivity index (χ2v) is 10.1. The minimum absolute atomic E-state index is 0.0484.